The van der Waals surface area contributed by atoms with Gasteiger partial charge in [0.25, 0.3) is 0 Å². The Labute approximate surface area is 137 Å². The predicted molar refractivity (Wildman–Crippen MR) is 97.2 cm³/mol. The van der Waals surface area contributed by atoms with E-state index >= 15 is 0 Å². The third kappa shape index (κ3) is 19.0. The van der Waals surface area contributed by atoms with Crippen LogP contribution in [0.4, 0.5) is 0 Å². The molecule has 2 N–H and O–H groups in total. The van der Waals surface area contributed by atoms with Crippen molar-refractivity contribution in [1.82, 2.24) is 0 Å². The van der Waals surface area contributed by atoms with Crippen LogP contribution in [0.5, 0.6) is 0 Å². The van der Waals surface area contributed by atoms with Crippen LogP contribution in [0.2, 0.25) is 0 Å². The summed E-state index contributed by atoms with van der Waals surface area (Å²) >= 11 is 0. The van der Waals surface area contributed by atoms with E-state index in [0.717, 1.165) is 19.1 Å². The Balaban J connectivity index is 3.08. The molecule has 0 rings (SSSR count). The summed E-state index contributed by atoms with van der Waals surface area (Å²) in [5, 5.41) is 17.1. The molecule has 0 aliphatic rings. The molecule has 0 radical (unpaired) electrons. The van der Waals surface area contributed by atoms with Crippen molar-refractivity contribution in [3.8, 4) is 0 Å². The maximum absolute atomic E-state index is 8.68. The van der Waals surface area contributed by atoms with E-state index in [0.29, 0.717) is 6.61 Å². The largest absolute Gasteiger partial charge is 0.516 e. The summed E-state index contributed by atoms with van der Waals surface area (Å²) in [6.07, 6.45) is 27.5. The van der Waals surface area contributed by atoms with Gasteiger partial charge in [-0.3, -0.25) is 0 Å². The second kappa shape index (κ2) is 20.0. The van der Waals surface area contributed by atoms with Gasteiger partial charge in [-0.1, -0.05) is 88.5 Å². The molecule has 22 heavy (non-hydrogen) atoms. The quantitative estimate of drug-likeness (QED) is 0.201. The fraction of sp³-hybridized carbons (Fsp3) is 0.700. The molecule has 0 saturated heterocycles. The number of aliphatic hydroxyl groups is 2. The second-order valence-electron chi connectivity index (χ2n) is 5.91. The van der Waals surface area contributed by atoms with Crippen molar-refractivity contribution in [3.63, 3.8) is 0 Å². The average molecular weight is 309 g/mol. The van der Waals surface area contributed by atoms with Crippen LogP contribution in [0, 0.1) is 0 Å². The maximum atomic E-state index is 8.68. The van der Waals surface area contributed by atoms with E-state index in [-0.39, 0.29) is 0 Å². The van der Waals surface area contributed by atoms with Gasteiger partial charge in [-0.25, -0.2) is 0 Å². The molecule has 0 heterocycles. The fourth-order valence-electron chi connectivity index (χ4n) is 2.49. The Morgan fingerprint density at radius 1 is 0.500 bits per heavy atom. The standard InChI is InChI=1S/C20H36O2/c21-19-17-15-13-11-9-7-5-3-1-2-4-6-8-10-12-14-16-18-20-22/h9,11,13,15,17,19,21-22H,1-8,10,12,14,16,18,20H2. The molecule has 0 aromatic rings. The zero-order valence-corrected chi connectivity index (χ0v) is 14.3. The van der Waals surface area contributed by atoms with E-state index in [1.807, 2.05) is 18.2 Å². The molecular weight excluding hydrogens is 272 g/mol. The summed E-state index contributed by atoms with van der Waals surface area (Å²) in [5.41, 5.74) is 0. The normalized spacial score (nSPS) is 12.2. The Morgan fingerprint density at radius 3 is 1.45 bits per heavy atom. The van der Waals surface area contributed by atoms with Gasteiger partial charge in [-0.05, 0) is 25.3 Å². The molecule has 0 aliphatic carbocycles. The first-order chi connectivity index (χ1) is 10.9. The lowest BCUT2D eigenvalue weighted by molar-refractivity contribution is 0.282. The van der Waals surface area contributed by atoms with E-state index < -0.39 is 0 Å². The van der Waals surface area contributed by atoms with Gasteiger partial charge in [-0.15, -0.1) is 0 Å². The molecule has 0 saturated carbocycles. The molecule has 0 amide bonds. The van der Waals surface area contributed by atoms with Gasteiger partial charge in [0.15, 0.2) is 0 Å². The first kappa shape index (κ1) is 21.0. The smallest absolute Gasteiger partial charge is 0.0791 e. The molecule has 0 atom stereocenters. The summed E-state index contributed by atoms with van der Waals surface area (Å²) in [7, 11) is 0. The number of hydrogen-bond acceptors (Lipinski definition) is 2. The van der Waals surface area contributed by atoms with Crippen LogP contribution in [0.3, 0.4) is 0 Å². The Hall–Kier alpha value is -1.02. The third-order valence-corrected chi connectivity index (χ3v) is 3.83. The minimum atomic E-state index is 0.355. The van der Waals surface area contributed by atoms with Crippen molar-refractivity contribution in [1.29, 1.82) is 0 Å². The number of unbranched alkanes of at least 4 members (excludes halogenated alkanes) is 12. The lowest BCUT2D eigenvalue weighted by atomic mass is 10.0. The van der Waals surface area contributed by atoms with Gasteiger partial charge >= 0.3 is 0 Å². The summed E-state index contributed by atoms with van der Waals surface area (Å²) in [6.45, 7) is 0.355. The third-order valence-electron chi connectivity index (χ3n) is 3.83. The molecule has 0 aromatic carbocycles. The molecule has 2 heteroatoms. The fourth-order valence-corrected chi connectivity index (χ4v) is 2.49. The molecular formula is C20H36O2. The Bertz CT molecular complexity index is 279. The molecule has 0 aromatic heterocycles. The first-order valence-corrected chi connectivity index (χ1v) is 9.15. The highest BCUT2D eigenvalue weighted by Crippen LogP contribution is 2.12. The summed E-state index contributed by atoms with van der Waals surface area (Å²) in [5.74, 6) is 0. The number of aliphatic hydroxyl groups excluding tert-OH is 2. The topological polar surface area (TPSA) is 40.5 Å². The van der Waals surface area contributed by atoms with E-state index in [9.17, 15) is 0 Å². The van der Waals surface area contributed by atoms with Crippen molar-refractivity contribution in [2.24, 2.45) is 0 Å². The van der Waals surface area contributed by atoms with Gasteiger partial charge < -0.3 is 10.2 Å². The zero-order chi connectivity index (χ0) is 16.1. The van der Waals surface area contributed by atoms with Crippen molar-refractivity contribution >= 4 is 0 Å². The van der Waals surface area contributed by atoms with Crippen LogP contribution in [-0.2, 0) is 0 Å². The van der Waals surface area contributed by atoms with Crippen LogP contribution in [0.25, 0.3) is 0 Å². The zero-order valence-electron chi connectivity index (χ0n) is 14.3. The SMILES string of the molecule is OC=CC=CC=CCCCCCCCCCCCCCCO. The average Bonchev–Trinajstić information content (AvgIpc) is 2.54. The van der Waals surface area contributed by atoms with Crippen molar-refractivity contribution in [2.75, 3.05) is 6.61 Å². The Kier molecular flexibility index (Phi) is 19.1. The van der Waals surface area contributed by atoms with Gasteiger partial charge in [0, 0.05) is 6.61 Å². The highest BCUT2D eigenvalue weighted by atomic mass is 16.3. The molecule has 128 valence electrons. The van der Waals surface area contributed by atoms with Crippen LogP contribution < -0.4 is 0 Å². The summed E-state index contributed by atoms with van der Waals surface area (Å²) in [4.78, 5) is 0. The van der Waals surface area contributed by atoms with Crippen LogP contribution in [-0.4, -0.2) is 16.8 Å². The van der Waals surface area contributed by atoms with Gasteiger partial charge in [0.05, 0.1) is 6.26 Å². The monoisotopic (exact) mass is 308 g/mol. The molecule has 0 spiro atoms. The molecule has 2 nitrogen and oxygen atoms in total. The minimum Gasteiger partial charge on any atom is -0.516 e. The lowest BCUT2D eigenvalue weighted by Gasteiger charge is -2.02. The van der Waals surface area contributed by atoms with E-state index in [1.54, 1.807) is 6.08 Å². The maximum Gasteiger partial charge on any atom is 0.0791 e. The van der Waals surface area contributed by atoms with Crippen LogP contribution in [0.1, 0.15) is 83.5 Å². The van der Waals surface area contributed by atoms with Gasteiger partial charge in [-0.2, -0.15) is 0 Å². The number of rotatable bonds is 16. The van der Waals surface area contributed by atoms with Crippen LogP contribution in [0.15, 0.2) is 36.6 Å². The molecule has 0 fully saturated rings. The van der Waals surface area contributed by atoms with E-state index in [2.05, 4.69) is 6.08 Å². The van der Waals surface area contributed by atoms with Gasteiger partial charge in [0.2, 0.25) is 0 Å². The number of hydrogen-bond donors (Lipinski definition) is 2. The Morgan fingerprint density at radius 2 is 0.955 bits per heavy atom. The van der Waals surface area contributed by atoms with Crippen molar-refractivity contribution in [2.45, 2.75) is 83.5 Å². The molecule has 0 bridgehead atoms. The van der Waals surface area contributed by atoms with Gasteiger partial charge in [0.1, 0.15) is 0 Å². The summed E-state index contributed by atoms with van der Waals surface area (Å²) in [6, 6.07) is 0. The summed E-state index contributed by atoms with van der Waals surface area (Å²) < 4.78 is 0. The number of allylic oxidation sites excluding steroid dienone is 5. The molecule has 0 aliphatic heterocycles. The molecule has 0 unspecified atom stereocenters. The first-order valence-electron chi connectivity index (χ1n) is 9.15. The second-order valence-corrected chi connectivity index (χ2v) is 5.91. The minimum absolute atomic E-state index is 0.355. The van der Waals surface area contributed by atoms with E-state index in [1.165, 1.54) is 70.6 Å². The van der Waals surface area contributed by atoms with Crippen LogP contribution >= 0.6 is 0 Å². The van der Waals surface area contributed by atoms with Crippen molar-refractivity contribution in [3.05, 3.63) is 36.6 Å². The lowest BCUT2D eigenvalue weighted by Crippen LogP contribution is -1.84. The highest BCUT2D eigenvalue weighted by Gasteiger charge is 1.93. The highest BCUT2D eigenvalue weighted by molar-refractivity contribution is 5.09. The van der Waals surface area contributed by atoms with Crippen molar-refractivity contribution < 1.29 is 10.2 Å². The predicted octanol–water partition coefficient (Wildman–Crippen LogP) is 6.23. The van der Waals surface area contributed by atoms with E-state index in [4.69, 9.17) is 10.2 Å².